The van der Waals surface area contributed by atoms with Gasteiger partial charge in [-0.3, -0.25) is 14.2 Å². The molecule has 0 fully saturated rings. The first-order valence-electron chi connectivity index (χ1n) is 9.13. The van der Waals surface area contributed by atoms with E-state index in [0.717, 1.165) is 5.56 Å². The molecule has 1 aromatic heterocycles. The van der Waals surface area contributed by atoms with Crippen LogP contribution in [-0.2, 0) is 16.1 Å². The SMILES string of the molecule is COC[C@@H](C)NC(=O)CSc1nc2ccccc2c(=O)n1Cc1ccc(F)cc1. The number of carbonyl (C=O) groups is 1. The summed E-state index contributed by atoms with van der Waals surface area (Å²) in [5, 5.41) is 3.77. The molecule has 0 aliphatic carbocycles. The van der Waals surface area contributed by atoms with Crippen LogP contribution in [0.15, 0.2) is 58.5 Å². The minimum Gasteiger partial charge on any atom is -0.383 e. The standard InChI is InChI=1S/C21H22FN3O3S/c1-14(12-28-2)23-19(26)13-29-21-24-18-6-4-3-5-17(18)20(27)25(21)11-15-7-9-16(22)10-8-15/h3-10,14H,11-13H2,1-2H3,(H,23,26)/t14-/m1/s1. The lowest BCUT2D eigenvalue weighted by Gasteiger charge is -2.15. The lowest BCUT2D eigenvalue weighted by molar-refractivity contribution is -0.119. The Balaban J connectivity index is 1.89. The second-order valence-electron chi connectivity index (χ2n) is 6.64. The molecule has 1 atom stereocenters. The van der Waals surface area contributed by atoms with Crippen molar-refractivity contribution >= 4 is 28.6 Å². The molecule has 3 rings (SSSR count). The van der Waals surface area contributed by atoms with Crippen molar-refractivity contribution in [3.8, 4) is 0 Å². The Labute approximate surface area is 172 Å². The predicted molar refractivity (Wildman–Crippen MR) is 112 cm³/mol. The molecule has 0 unspecified atom stereocenters. The zero-order chi connectivity index (χ0) is 20.8. The molecular weight excluding hydrogens is 393 g/mol. The molecule has 29 heavy (non-hydrogen) atoms. The number of nitrogens with zero attached hydrogens (tertiary/aromatic N) is 2. The number of ether oxygens (including phenoxy) is 1. The van der Waals surface area contributed by atoms with Crippen molar-refractivity contribution in [1.82, 2.24) is 14.9 Å². The molecule has 0 saturated heterocycles. The third kappa shape index (κ3) is 5.42. The number of halogens is 1. The topological polar surface area (TPSA) is 73.2 Å². The largest absolute Gasteiger partial charge is 0.383 e. The van der Waals surface area contributed by atoms with Gasteiger partial charge in [-0.15, -0.1) is 0 Å². The van der Waals surface area contributed by atoms with Gasteiger partial charge in [-0.05, 0) is 36.8 Å². The zero-order valence-corrected chi connectivity index (χ0v) is 17.0. The van der Waals surface area contributed by atoms with Crippen molar-refractivity contribution in [2.45, 2.75) is 24.7 Å². The summed E-state index contributed by atoms with van der Waals surface area (Å²) >= 11 is 1.19. The zero-order valence-electron chi connectivity index (χ0n) is 16.2. The maximum atomic E-state index is 13.2. The van der Waals surface area contributed by atoms with Gasteiger partial charge >= 0.3 is 0 Å². The Bertz CT molecular complexity index is 1050. The molecule has 6 nitrogen and oxygen atoms in total. The summed E-state index contributed by atoms with van der Waals surface area (Å²) in [5.74, 6) is -0.396. The number of aromatic nitrogens is 2. The molecule has 0 radical (unpaired) electrons. The van der Waals surface area contributed by atoms with Crippen LogP contribution in [0.5, 0.6) is 0 Å². The molecule has 152 valence electrons. The maximum absolute atomic E-state index is 13.2. The molecular formula is C21H22FN3O3S. The highest BCUT2D eigenvalue weighted by atomic mass is 32.2. The van der Waals surface area contributed by atoms with Gasteiger partial charge in [0, 0.05) is 13.2 Å². The predicted octanol–water partition coefficient (Wildman–Crippen LogP) is 2.83. The Kier molecular flexibility index (Phi) is 7.00. The van der Waals surface area contributed by atoms with E-state index in [1.165, 1.54) is 28.5 Å². The van der Waals surface area contributed by atoms with E-state index < -0.39 is 0 Å². The summed E-state index contributed by atoms with van der Waals surface area (Å²) in [7, 11) is 1.57. The van der Waals surface area contributed by atoms with E-state index in [2.05, 4.69) is 10.3 Å². The van der Waals surface area contributed by atoms with Gasteiger partial charge in [0.05, 0.1) is 29.8 Å². The van der Waals surface area contributed by atoms with Crippen molar-refractivity contribution in [2.24, 2.45) is 0 Å². The van der Waals surface area contributed by atoms with E-state index in [1.807, 2.05) is 13.0 Å². The highest BCUT2D eigenvalue weighted by Crippen LogP contribution is 2.19. The monoisotopic (exact) mass is 415 g/mol. The second kappa shape index (κ2) is 9.67. The van der Waals surface area contributed by atoms with Crippen LogP contribution < -0.4 is 10.9 Å². The van der Waals surface area contributed by atoms with Crippen molar-refractivity contribution in [1.29, 1.82) is 0 Å². The van der Waals surface area contributed by atoms with Crippen LogP contribution in [0.3, 0.4) is 0 Å². The van der Waals surface area contributed by atoms with E-state index in [0.29, 0.717) is 22.7 Å². The van der Waals surface area contributed by atoms with Crippen LogP contribution in [0.25, 0.3) is 10.9 Å². The van der Waals surface area contributed by atoms with Crippen molar-refractivity contribution in [3.05, 3.63) is 70.3 Å². The Morgan fingerprint density at radius 2 is 1.97 bits per heavy atom. The van der Waals surface area contributed by atoms with Crippen molar-refractivity contribution in [2.75, 3.05) is 19.5 Å². The van der Waals surface area contributed by atoms with Crippen LogP contribution in [0.1, 0.15) is 12.5 Å². The molecule has 1 heterocycles. The van der Waals surface area contributed by atoms with E-state index in [1.54, 1.807) is 37.4 Å². The molecule has 0 spiro atoms. The first-order chi connectivity index (χ1) is 14.0. The molecule has 1 amide bonds. The smallest absolute Gasteiger partial charge is 0.262 e. The molecule has 2 aromatic carbocycles. The van der Waals surface area contributed by atoms with Gasteiger partial charge in [-0.1, -0.05) is 36.0 Å². The van der Waals surface area contributed by atoms with Gasteiger partial charge in [0.25, 0.3) is 5.56 Å². The number of para-hydroxylation sites is 1. The van der Waals surface area contributed by atoms with Crippen LogP contribution in [0.2, 0.25) is 0 Å². The molecule has 0 aliphatic heterocycles. The minimum atomic E-state index is -0.339. The van der Waals surface area contributed by atoms with Crippen LogP contribution in [-0.4, -0.2) is 41.0 Å². The van der Waals surface area contributed by atoms with Gasteiger partial charge in [-0.25, -0.2) is 9.37 Å². The molecule has 0 saturated carbocycles. The van der Waals surface area contributed by atoms with Gasteiger partial charge in [0.2, 0.25) is 5.91 Å². The quantitative estimate of drug-likeness (QED) is 0.452. The highest BCUT2D eigenvalue weighted by molar-refractivity contribution is 7.99. The fraction of sp³-hybridized carbons (Fsp3) is 0.286. The second-order valence-corrected chi connectivity index (χ2v) is 7.58. The van der Waals surface area contributed by atoms with Crippen molar-refractivity contribution in [3.63, 3.8) is 0 Å². The van der Waals surface area contributed by atoms with Gasteiger partial charge < -0.3 is 10.1 Å². The van der Waals surface area contributed by atoms with Crippen LogP contribution in [0.4, 0.5) is 4.39 Å². The number of methoxy groups -OCH3 is 1. The van der Waals surface area contributed by atoms with E-state index >= 15 is 0 Å². The van der Waals surface area contributed by atoms with Crippen LogP contribution in [0, 0.1) is 5.82 Å². The van der Waals surface area contributed by atoms with Gasteiger partial charge in [0.1, 0.15) is 5.82 Å². The van der Waals surface area contributed by atoms with E-state index in [-0.39, 0.29) is 35.6 Å². The number of carbonyl (C=O) groups excluding carboxylic acids is 1. The van der Waals surface area contributed by atoms with Gasteiger partial charge in [0.15, 0.2) is 5.16 Å². The van der Waals surface area contributed by atoms with Gasteiger partial charge in [-0.2, -0.15) is 0 Å². The molecule has 0 aliphatic rings. The molecule has 1 N–H and O–H groups in total. The summed E-state index contributed by atoms with van der Waals surface area (Å²) in [6.45, 7) is 2.51. The Morgan fingerprint density at radius 3 is 2.69 bits per heavy atom. The highest BCUT2D eigenvalue weighted by Gasteiger charge is 2.14. The number of amides is 1. The molecule has 0 bridgehead atoms. The first kappa shape index (κ1) is 21.0. The average molecular weight is 415 g/mol. The fourth-order valence-corrected chi connectivity index (χ4v) is 3.72. The normalized spacial score (nSPS) is 12.1. The summed E-state index contributed by atoms with van der Waals surface area (Å²) in [6, 6.07) is 12.9. The summed E-state index contributed by atoms with van der Waals surface area (Å²) in [6.07, 6.45) is 0. The van der Waals surface area contributed by atoms with Crippen molar-refractivity contribution < 1.29 is 13.9 Å². The number of benzene rings is 2. The van der Waals surface area contributed by atoms with E-state index in [9.17, 15) is 14.0 Å². The third-order valence-corrected chi connectivity index (χ3v) is 5.21. The number of thioether (sulfide) groups is 1. The maximum Gasteiger partial charge on any atom is 0.262 e. The fourth-order valence-electron chi connectivity index (χ4n) is 2.91. The first-order valence-corrected chi connectivity index (χ1v) is 10.1. The third-order valence-electron chi connectivity index (χ3n) is 4.24. The number of nitrogens with one attached hydrogen (secondary N) is 1. The van der Waals surface area contributed by atoms with Crippen LogP contribution >= 0.6 is 11.8 Å². The summed E-state index contributed by atoms with van der Waals surface area (Å²) in [4.78, 5) is 29.8. The number of hydrogen-bond donors (Lipinski definition) is 1. The average Bonchev–Trinajstić information content (AvgIpc) is 2.70. The molecule has 3 aromatic rings. The number of rotatable bonds is 8. The van der Waals surface area contributed by atoms with E-state index in [4.69, 9.17) is 4.74 Å². The number of hydrogen-bond acceptors (Lipinski definition) is 5. The number of fused-ring (bicyclic) bond motifs is 1. The minimum absolute atomic E-state index is 0.112. The lowest BCUT2D eigenvalue weighted by atomic mass is 10.2. The summed E-state index contributed by atoms with van der Waals surface area (Å²) in [5.41, 5.74) is 1.14. The lowest BCUT2D eigenvalue weighted by Crippen LogP contribution is -2.36. The molecule has 8 heteroatoms. The Morgan fingerprint density at radius 1 is 1.24 bits per heavy atom. The summed E-state index contributed by atoms with van der Waals surface area (Å²) < 4.78 is 19.8. The Hall–Kier alpha value is -2.71.